The molecular formula is C48H28Br2N4. The van der Waals surface area contributed by atoms with Crippen LogP contribution in [-0.4, -0.2) is 19.9 Å². The first-order valence-electron chi connectivity index (χ1n) is 17.9. The average molecular weight is 821 g/mol. The van der Waals surface area contributed by atoms with E-state index in [9.17, 15) is 0 Å². The van der Waals surface area contributed by atoms with Crippen LogP contribution in [0.5, 0.6) is 0 Å². The minimum atomic E-state index is 0.846. The summed E-state index contributed by atoms with van der Waals surface area (Å²) in [4.78, 5) is 18.2. The van der Waals surface area contributed by atoms with E-state index in [1.807, 2.05) is 0 Å². The molecule has 0 fully saturated rings. The molecule has 0 spiro atoms. The summed E-state index contributed by atoms with van der Waals surface area (Å²) in [5.41, 5.74) is 11.6. The first-order valence-corrected chi connectivity index (χ1v) is 19.5. The van der Waals surface area contributed by atoms with E-state index in [-0.39, 0.29) is 0 Å². The van der Waals surface area contributed by atoms with Crippen molar-refractivity contribution in [3.8, 4) is 22.3 Å². The maximum atomic E-state index is 5.32. The molecular weight excluding hydrogens is 792 g/mol. The predicted molar refractivity (Wildman–Crippen MR) is 235 cm³/mol. The van der Waals surface area contributed by atoms with Crippen molar-refractivity contribution in [3.05, 3.63) is 165 Å². The number of H-pyrrole nitrogens is 2. The molecule has 0 saturated carbocycles. The number of nitrogens with one attached hydrogen (secondary N) is 2. The molecule has 0 radical (unpaired) electrons. The van der Waals surface area contributed by atoms with Crippen molar-refractivity contribution in [2.75, 3.05) is 0 Å². The standard InChI is InChI=1S/C48H28Br2N4/c49-47-41-21-17-37(51-41)45(35-25-27-9-1-3-11-29(27)31-13-5-7-15-33(31)35)38-18-22-42(52-38)48(50)44-24-20-40(54-44)46(39-19-23-43(47)53-39)36-26-28-10-2-4-12-30(28)32-14-6-8-16-34(32)36/h1-26,51,54H. The molecule has 0 saturated heterocycles. The van der Waals surface area contributed by atoms with Gasteiger partial charge in [-0.25, -0.2) is 9.97 Å². The van der Waals surface area contributed by atoms with Crippen LogP contribution < -0.4 is 0 Å². The average Bonchev–Trinajstić information content (AvgIpc) is 4.06. The van der Waals surface area contributed by atoms with Crippen molar-refractivity contribution < 1.29 is 0 Å². The summed E-state index contributed by atoms with van der Waals surface area (Å²) < 4.78 is 1.77. The third-order valence-electron chi connectivity index (χ3n) is 10.7. The fourth-order valence-electron chi connectivity index (χ4n) is 8.23. The zero-order valence-electron chi connectivity index (χ0n) is 28.7. The van der Waals surface area contributed by atoms with Gasteiger partial charge in [0.05, 0.1) is 42.8 Å². The number of halogens is 2. The second-order valence-corrected chi connectivity index (χ2v) is 15.3. The molecule has 0 amide bonds. The summed E-state index contributed by atoms with van der Waals surface area (Å²) >= 11 is 7.95. The fourth-order valence-corrected chi connectivity index (χ4v) is 9.13. The van der Waals surface area contributed by atoms with Crippen LogP contribution in [0.3, 0.4) is 0 Å². The molecule has 3 aromatic heterocycles. The van der Waals surface area contributed by atoms with Crippen LogP contribution in [0.25, 0.3) is 112 Å². The van der Waals surface area contributed by atoms with Crippen LogP contribution in [0.1, 0.15) is 22.8 Å². The van der Waals surface area contributed by atoms with Crippen LogP contribution in [0, 0.1) is 0 Å². The lowest BCUT2D eigenvalue weighted by Crippen LogP contribution is -1.90. The van der Waals surface area contributed by atoms with E-state index < -0.39 is 0 Å². The third kappa shape index (κ3) is 4.87. The number of hydrogen-bond acceptors (Lipinski definition) is 2. The van der Waals surface area contributed by atoms with Gasteiger partial charge in [-0.1, -0.05) is 97.1 Å². The van der Waals surface area contributed by atoms with E-state index >= 15 is 0 Å². The summed E-state index contributed by atoms with van der Waals surface area (Å²) in [6, 6.07) is 47.7. The van der Waals surface area contributed by atoms with E-state index in [0.29, 0.717) is 0 Å². The van der Waals surface area contributed by atoms with Gasteiger partial charge in [-0.05, 0) is 147 Å². The van der Waals surface area contributed by atoms with Gasteiger partial charge in [-0.3, -0.25) is 0 Å². The van der Waals surface area contributed by atoms with Crippen molar-refractivity contribution >= 4 is 121 Å². The lowest BCUT2D eigenvalue weighted by Gasteiger charge is -2.12. The smallest absolute Gasteiger partial charge is 0.0801 e. The molecule has 254 valence electrons. The lowest BCUT2D eigenvalue weighted by atomic mass is 9.92. The Morgan fingerprint density at radius 3 is 1.15 bits per heavy atom. The largest absolute Gasteiger partial charge is 0.354 e. The quantitative estimate of drug-likeness (QED) is 0.171. The molecule has 9 aromatic rings. The highest BCUT2D eigenvalue weighted by Gasteiger charge is 2.20. The van der Waals surface area contributed by atoms with Crippen LogP contribution >= 0.6 is 31.9 Å². The zero-order valence-corrected chi connectivity index (χ0v) is 31.8. The van der Waals surface area contributed by atoms with E-state index in [0.717, 1.165) is 76.0 Å². The lowest BCUT2D eigenvalue weighted by molar-refractivity contribution is 1.30. The minimum absolute atomic E-state index is 0.846. The highest BCUT2D eigenvalue weighted by atomic mass is 79.9. The first kappa shape index (κ1) is 31.4. The number of benzene rings is 6. The molecule has 5 heterocycles. The Bertz CT molecular complexity index is 3090. The van der Waals surface area contributed by atoms with Gasteiger partial charge in [0.25, 0.3) is 0 Å². The van der Waals surface area contributed by atoms with Gasteiger partial charge in [0.15, 0.2) is 0 Å². The van der Waals surface area contributed by atoms with Crippen molar-refractivity contribution in [2.45, 2.75) is 0 Å². The SMILES string of the molecule is Brc1c2nc(c(-c3cc4ccccc4c4ccccc34)c3ccc([nH]3)c(Br)c3nc(c(-c4cc5ccccc5c5ccccc45)c4ccc1[nH]4)C=C3)C=C2. The third-order valence-corrected chi connectivity index (χ3v) is 12.4. The van der Waals surface area contributed by atoms with E-state index in [4.69, 9.17) is 9.97 Å². The molecule has 0 unspecified atom stereocenters. The predicted octanol–water partition coefficient (Wildman–Crippen LogP) is 14.1. The molecule has 6 aromatic carbocycles. The summed E-state index contributed by atoms with van der Waals surface area (Å²) in [6.07, 6.45) is 8.44. The molecule has 8 bridgehead atoms. The maximum Gasteiger partial charge on any atom is 0.0801 e. The fraction of sp³-hybridized carbons (Fsp3) is 0. The van der Waals surface area contributed by atoms with Crippen molar-refractivity contribution in [3.63, 3.8) is 0 Å². The van der Waals surface area contributed by atoms with Crippen LogP contribution in [-0.2, 0) is 0 Å². The zero-order chi connectivity index (χ0) is 35.9. The number of hydrogen-bond donors (Lipinski definition) is 2. The number of nitrogens with zero attached hydrogens (tertiary/aromatic N) is 2. The van der Waals surface area contributed by atoms with E-state index in [1.165, 1.54) is 43.1 Å². The summed E-state index contributed by atoms with van der Waals surface area (Å²) in [5, 5.41) is 9.60. The van der Waals surface area contributed by atoms with Gasteiger partial charge in [0, 0.05) is 22.2 Å². The monoisotopic (exact) mass is 818 g/mol. The van der Waals surface area contributed by atoms with Crippen LogP contribution in [0.15, 0.2) is 142 Å². The van der Waals surface area contributed by atoms with Crippen molar-refractivity contribution in [2.24, 2.45) is 0 Å². The van der Waals surface area contributed by atoms with Crippen molar-refractivity contribution in [1.29, 1.82) is 0 Å². The van der Waals surface area contributed by atoms with E-state index in [2.05, 4.69) is 200 Å². The number of aromatic amines is 2. The number of aromatic nitrogens is 4. The summed E-state index contributed by atoms with van der Waals surface area (Å²) in [6.45, 7) is 0. The van der Waals surface area contributed by atoms with Gasteiger partial charge < -0.3 is 9.97 Å². The van der Waals surface area contributed by atoms with Crippen LogP contribution in [0.2, 0.25) is 0 Å². The van der Waals surface area contributed by atoms with Crippen molar-refractivity contribution in [1.82, 2.24) is 19.9 Å². The molecule has 6 heteroatoms. The first-order chi connectivity index (χ1) is 26.6. The Hall–Kier alpha value is -6.08. The molecule has 11 rings (SSSR count). The Kier molecular flexibility index (Phi) is 7.13. The molecule has 54 heavy (non-hydrogen) atoms. The topological polar surface area (TPSA) is 57.4 Å². The molecule has 0 atom stereocenters. The second kappa shape index (κ2) is 12.2. The molecule has 0 aliphatic carbocycles. The highest BCUT2D eigenvalue weighted by molar-refractivity contribution is 9.11. The van der Waals surface area contributed by atoms with Gasteiger partial charge in [0.2, 0.25) is 0 Å². The number of rotatable bonds is 2. The normalized spacial score (nSPS) is 12.5. The van der Waals surface area contributed by atoms with Gasteiger partial charge >= 0.3 is 0 Å². The van der Waals surface area contributed by atoms with E-state index in [1.54, 1.807) is 0 Å². The Morgan fingerprint density at radius 2 is 0.704 bits per heavy atom. The maximum absolute atomic E-state index is 5.32. The van der Waals surface area contributed by atoms with Gasteiger partial charge in [0.1, 0.15) is 0 Å². The molecule has 2 aliphatic heterocycles. The summed E-state index contributed by atoms with van der Waals surface area (Å²) in [7, 11) is 0. The Labute approximate surface area is 326 Å². The molecule has 2 N–H and O–H groups in total. The summed E-state index contributed by atoms with van der Waals surface area (Å²) in [5.74, 6) is 0. The Balaban J connectivity index is 1.26. The van der Waals surface area contributed by atoms with Gasteiger partial charge in [-0.15, -0.1) is 0 Å². The minimum Gasteiger partial charge on any atom is -0.354 e. The highest BCUT2D eigenvalue weighted by Crippen LogP contribution is 2.42. The second-order valence-electron chi connectivity index (χ2n) is 13.8. The van der Waals surface area contributed by atoms with Crippen LogP contribution in [0.4, 0.5) is 0 Å². The van der Waals surface area contributed by atoms with Gasteiger partial charge in [-0.2, -0.15) is 0 Å². The molecule has 2 aliphatic rings. The Morgan fingerprint density at radius 1 is 0.352 bits per heavy atom. The molecule has 4 nitrogen and oxygen atoms in total. The number of fused-ring (bicyclic) bond motifs is 14.